The standard InChI is InChI=1S/C20H24N2O3/c1-3-4-8-13-25-18-12-11-16(14-19(18)24-2)15-21-22-20(23)17-9-6-5-7-10-17/h5-7,9-12,14-15H,3-4,8,13H2,1-2H3,(H,22,23)/b21-15+. The van der Waals surface area contributed by atoms with Crippen LogP contribution < -0.4 is 14.9 Å². The van der Waals surface area contributed by atoms with E-state index in [1.165, 1.54) is 0 Å². The Balaban J connectivity index is 1.94. The normalized spacial score (nSPS) is 10.6. The first-order chi connectivity index (χ1) is 12.2. The van der Waals surface area contributed by atoms with Crippen molar-refractivity contribution in [2.24, 2.45) is 5.10 Å². The molecule has 25 heavy (non-hydrogen) atoms. The van der Waals surface area contributed by atoms with Crippen molar-refractivity contribution < 1.29 is 14.3 Å². The Morgan fingerprint density at radius 3 is 2.64 bits per heavy atom. The van der Waals surface area contributed by atoms with Gasteiger partial charge in [0, 0.05) is 5.56 Å². The molecule has 0 aliphatic carbocycles. The lowest BCUT2D eigenvalue weighted by atomic mass is 10.2. The van der Waals surface area contributed by atoms with Gasteiger partial charge in [-0.15, -0.1) is 0 Å². The molecule has 2 rings (SSSR count). The lowest BCUT2D eigenvalue weighted by Crippen LogP contribution is -2.17. The number of hydrogen-bond acceptors (Lipinski definition) is 4. The zero-order valence-electron chi connectivity index (χ0n) is 14.7. The Bertz CT molecular complexity index is 699. The van der Waals surface area contributed by atoms with Crippen molar-refractivity contribution in [3.8, 4) is 11.5 Å². The third kappa shape index (κ3) is 5.95. The molecule has 5 nitrogen and oxygen atoms in total. The van der Waals surface area contributed by atoms with Crippen LogP contribution in [0.4, 0.5) is 0 Å². The van der Waals surface area contributed by atoms with E-state index in [0.717, 1.165) is 24.8 Å². The molecule has 0 saturated carbocycles. The van der Waals surface area contributed by atoms with Crippen molar-refractivity contribution in [1.82, 2.24) is 5.43 Å². The molecule has 0 aliphatic heterocycles. The van der Waals surface area contributed by atoms with Crippen LogP contribution in [0.1, 0.15) is 42.1 Å². The first-order valence-corrected chi connectivity index (χ1v) is 8.44. The second-order valence-electron chi connectivity index (χ2n) is 5.53. The second kappa shape index (κ2) is 10.1. The number of hydrazone groups is 1. The van der Waals surface area contributed by atoms with Crippen LogP contribution in [-0.2, 0) is 0 Å². The van der Waals surface area contributed by atoms with Crippen LogP contribution in [0.2, 0.25) is 0 Å². The smallest absolute Gasteiger partial charge is 0.271 e. The van der Waals surface area contributed by atoms with Crippen LogP contribution >= 0.6 is 0 Å². The van der Waals surface area contributed by atoms with E-state index in [2.05, 4.69) is 17.5 Å². The van der Waals surface area contributed by atoms with Gasteiger partial charge in [0.2, 0.25) is 0 Å². The summed E-state index contributed by atoms with van der Waals surface area (Å²) in [4.78, 5) is 11.9. The van der Waals surface area contributed by atoms with E-state index in [1.807, 2.05) is 36.4 Å². The molecule has 0 unspecified atom stereocenters. The van der Waals surface area contributed by atoms with Crippen molar-refractivity contribution in [2.75, 3.05) is 13.7 Å². The molecule has 132 valence electrons. The summed E-state index contributed by atoms with van der Waals surface area (Å²) >= 11 is 0. The van der Waals surface area contributed by atoms with Crippen molar-refractivity contribution in [3.63, 3.8) is 0 Å². The lowest BCUT2D eigenvalue weighted by molar-refractivity contribution is 0.0955. The molecule has 0 fully saturated rings. The van der Waals surface area contributed by atoms with Gasteiger partial charge in [0.25, 0.3) is 5.91 Å². The average Bonchev–Trinajstić information content (AvgIpc) is 2.66. The van der Waals surface area contributed by atoms with Crippen LogP contribution in [0.5, 0.6) is 11.5 Å². The summed E-state index contributed by atoms with van der Waals surface area (Å²) in [5.74, 6) is 1.11. The van der Waals surface area contributed by atoms with Gasteiger partial charge in [-0.25, -0.2) is 5.43 Å². The number of benzene rings is 2. The van der Waals surface area contributed by atoms with Gasteiger partial charge in [-0.2, -0.15) is 5.10 Å². The molecule has 1 N–H and O–H groups in total. The van der Waals surface area contributed by atoms with Gasteiger partial charge in [-0.1, -0.05) is 38.0 Å². The van der Waals surface area contributed by atoms with Gasteiger partial charge in [0.05, 0.1) is 19.9 Å². The third-order valence-electron chi connectivity index (χ3n) is 3.61. The highest BCUT2D eigenvalue weighted by atomic mass is 16.5. The van der Waals surface area contributed by atoms with E-state index in [0.29, 0.717) is 23.7 Å². The average molecular weight is 340 g/mol. The molecule has 5 heteroatoms. The Morgan fingerprint density at radius 2 is 1.92 bits per heavy atom. The van der Waals surface area contributed by atoms with Crippen molar-refractivity contribution in [2.45, 2.75) is 26.2 Å². The minimum absolute atomic E-state index is 0.250. The van der Waals surface area contributed by atoms with Crippen LogP contribution in [0.15, 0.2) is 53.6 Å². The van der Waals surface area contributed by atoms with E-state index < -0.39 is 0 Å². The predicted molar refractivity (Wildman–Crippen MR) is 99.5 cm³/mol. The monoisotopic (exact) mass is 340 g/mol. The number of carbonyl (C=O) groups is 1. The summed E-state index contributed by atoms with van der Waals surface area (Å²) in [5.41, 5.74) is 3.88. The molecular weight excluding hydrogens is 316 g/mol. The highest BCUT2D eigenvalue weighted by Gasteiger charge is 2.05. The number of carbonyl (C=O) groups excluding carboxylic acids is 1. The Morgan fingerprint density at radius 1 is 1.12 bits per heavy atom. The van der Waals surface area contributed by atoms with E-state index in [4.69, 9.17) is 9.47 Å². The predicted octanol–water partition coefficient (Wildman–Crippen LogP) is 4.03. The van der Waals surface area contributed by atoms with Gasteiger partial charge < -0.3 is 9.47 Å². The van der Waals surface area contributed by atoms with Crippen LogP contribution in [-0.4, -0.2) is 25.8 Å². The molecule has 0 atom stereocenters. The quantitative estimate of drug-likeness (QED) is 0.426. The fraction of sp³-hybridized carbons (Fsp3) is 0.300. The Kier molecular flexibility index (Phi) is 7.50. The summed E-state index contributed by atoms with van der Waals surface area (Å²) in [7, 11) is 1.60. The summed E-state index contributed by atoms with van der Waals surface area (Å²) in [6.07, 6.45) is 4.90. The topological polar surface area (TPSA) is 59.9 Å². The number of hydrogen-bond donors (Lipinski definition) is 1. The Labute approximate surface area is 148 Å². The second-order valence-corrected chi connectivity index (χ2v) is 5.53. The fourth-order valence-corrected chi connectivity index (χ4v) is 2.24. The largest absolute Gasteiger partial charge is 0.493 e. The van der Waals surface area contributed by atoms with E-state index in [9.17, 15) is 4.79 Å². The number of nitrogens with one attached hydrogen (secondary N) is 1. The molecule has 0 radical (unpaired) electrons. The first kappa shape index (κ1) is 18.5. The van der Waals surface area contributed by atoms with Crippen LogP contribution in [0.25, 0.3) is 0 Å². The maximum absolute atomic E-state index is 11.9. The Hall–Kier alpha value is -2.82. The SMILES string of the molecule is CCCCCOc1ccc(/C=N/NC(=O)c2ccccc2)cc1OC. The molecule has 2 aromatic rings. The summed E-state index contributed by atoms with van der Waals surface area (Å²) in [6, 6.07) is 14.5. The first-order valence-electron chi connectivity index (χ1n) is 8.44. The fourth-order valence-electron chi connectivity index (χ4n) is 2.24. The van der Waals surface area contributed by atoms with Crippen LogP contribution in [0, 0.1) is 0 Å². The van der Waals surface area contributed by atoms with Gasteiger partial charge >= 0.3 is 0 Å². The summed E-state index contributed by atoms with van der Waals surface area (Å²) in [5, 5.41) is 3.99. The van der Waals surface area contributed by atoms with Gasteiger partial charge in [0.1, 0.15) is 0 Å². The molecule has 0 saturated heterocycles. The molecule has 1 amide bonds. The summed E-state index contributed by atoms with van der Waals surface area (Å²) in [6.45, 7) is 2.83. The number of ether oxygens (including phenoxy) is 2. The minimum Gasteiger partial charge on any atom is -0.493 e. The molecule has 0 spiro atoms. The highest BCUT2D eigenvalue weighted by molar-refractivity contribution is 5.94. The van der Waals surface area contributed by atoms with Gasteiger partial charge in [-0.05, 0) is 42.3 Å². The molecular formula is C20H24N2O3. The number of nitrogens with zero attached hydrogens (tertiary/aromatic N) is 1. The number of unbranched alkanes of at least 4 members (excludes halogenated alkanes) is 2. The highest BCUT2D eigenvalue weighted by Crippen LogP contribution is 2.27. The number of amides is 1. The number of rotatable bonds is 9. The molecule has 0 heterocycles. The maximum atomic E-state index is 11.9. The van der Waals surface area contributed by atoms with E-state index in [1.54, 1.807) is 25.5 Å². The molecule has 0 aromatic heterocycles. The van der Waals surface area contributed by atoms with E-state index in [-0.39, 0.29) is 5.91 Å². The molecule has 2 aromatic carbocycles. The lowest BCUT2D eigenvalue weighted by Gasteiger charge is -2.11. The minimum atomic E-state index is -0.250. The van der Waals surface area contributed by atoms with Gasteiger partial charge in [0.15, 0.2) is 11.5 Å². The van der Waals surface area contributed by atoms with Crippen molar-refractivity contribution >= 4 is 12.1 Å². The number of methoxy groups -OCH3 is 1. The van der Waals surface area contributed by atoms with Crippen molar-refractivity contribution in [3.05, 3.63) is 59.7 Å². The molecule has 0 aliphatic rings. The van der Waals surface area contributed by atoms with E-state index >= 15 is 0 Å². The maximum Gasteiger partial charge on any atom is 0.271 e. The summed E-state index contributed by atoms with van der Waals surface area (Å²) < 4.78 is 11.1. The zero-order valence-corrected chi connectivity index (χ0v) is 14.7. The zero-order chi connectivity index (χ0) is 17.9. The third-order valence-corrected chi connectivity index (χ3v) is 3.61. The molecule has 0 bridgehead atoms. The van der Waals surface area contributed by atoms with Gasteiger partial charge in [-0.3, -0.25) is 4.79 Å². The van der Waals surface area contributed by atoms with Crippen LogP contribution in [0.3, 0.4) is 0 Å². The van der Waals surface area contributed by atoms with Crippen molar-refractivity contribution in [1.29, 1.82) is 0 Å².